The van der Waals surface area contributed by atoms with Gasteiger partial charge in [-0.25, -0.2) is 0 Å². The first-order valence-electron chi connectivity index (χ1n) is 6.35. The Morgan fingerprint density at radius 1 is 1.26 bits per heavy atom. The van der Waals surface area contributed by atoms with Crippen molar-refractivity contribution < 1.29 is 0 Å². The molecule has 2 aromatic rings. The molecular weight excluding hydrogens is 302 g/mol. The van der Waals surface area contributed by atoms with Gasteiger partial charge in [0.25, 0.3) is 0 Å². The van der Waals surface area contributed by atoms with Crippen molar-refractivity contribution in [2.75, 3.05) is 11.9 Å². The molecule has 0 fully saturated rings. The van der Waals surface area contributed by atoms with Crippen LogP contribution in [-0.2, 0) is 12.4 Å². The highest BCUT2D eigenvalue weighted by atomic mass is 79.9. The minimum absolute atomic E-state index is 0.817. The lowest BCUT2D eigenvalue weighted by Gasteiger charge is -2.23. The van der Waals surface area contributed by atoms with E-state index in [0.29, 0.717) is 0 Å². The second kappa shape index (κ2) is 5.37. The van der Waals surface area contributed by atoms with Crippen LogP contribution in [0.3, 0.4) is 0 Å². The van der Waals surface area contributed by atoms with Crippen molar-refractivity contribution in [1.82, 2.24) is 9.78 Å². The van der Waals surface area contributed by atoms with Gasteiger partial charge in [0.15, 0.2) is 0 Å². The summed E-state index contributed by atoms with van der Waals surface area (Å²) in [6, 6.07) is 6.53. The van der Waals surface area contributed by atoms with Gasteiger partial charge in [0.2, 0.25) is 0 Å². The molecule has 1 heterocycles. The summed E-state index contributed by atoms with van der Waals surface area (Å²) in [6.07, 6.45) is 0. The SMILES string of the molecule is Cc1ccc(N(C)c2c(CBr)c(C)nn2C)c(C)c1. The van der Waals surface area contributed by atoms with Crippen LogP contribution in [0.2, 0.25) is 0 Å². The number of halogens is 1. The van der Waals surface area contributed by atoms with Crippen molar-refractivity contribution >= 4 is 27.4 Å². The maximum Gasteiger partial charge on any atom is 0.135 e. The third kappa shape index (κ3) is 2.54. The maximum atomic E-state index is 4.52. The van der Waals surface area contributed by atoms with Crippen molar-refractivity contribution in [3.8, 4) is 0 Å². The predicted molar refractivity (Wildman–Crippen MR) is 84.6 cm³/mol. The van der Waals surface area contributed by atoms with Gasteiger partial charge in [-0.1, -0.05) is 33.6 Å². The number of anilines is 2. The molecule has 102 valence electrons. The monoisotopic (exact) mass is 321 g/mol. The van der Waals surface area contributed by atoms with Crippen molar-refractivity contribution in [2.24, 2.45) is 7.05 Å². The zero-order valence-electron chi connectivity index (χ0n) is 12.2. The van der Waals surface area contributed by atoms with Gasteiger partial charge in [0.05, 0.1) is 5.69 Å². The Balaban J connectivity index is 2.52. The van der Waals surface area contributed by atoms with Crippen LogP contribution in [0.5, 0.6) is 0 Å². The fraction of sp³-hybridized carbons (Fsp3) is 0.400. The van der Waals surface area contributed by atoms with Gasteiger partial charge >= 0.3 is 0 Å². The number of benzene rings is 1. The molecule has 0 bridgehead atoms. The zero-order chi connectivity index (χ0) is 14.2. The summed E-state index contributed by atoms with van der Waals surface area (Å²) in [5.41, 5.74) is 6.10. The highest BCUT2D eigenvalue weighted by Gasteiger charge is 2.18. The Morgan fingerprint density at radius 2 is 1.95 bits per heavy atom. The van der Waals surface area contributed by atoms with Crippen LogP contribution in [0.25, 0.3) is 0 Å². The molecule has 0 aliphatic heterocycles. The summed E-state index contributed by atoms with van der Waals surface area (Å²) in [7, 11) is 4.09. The predicted octanol–water partition coefficient (Wildman–Crippen LogP) is 4.01. The van der Waals surface area contributed by atoms with Gasteiger partial charge in [-0.05, 0) is 32.4 Å². The molecule has 1 aromatic heterocycles. The molecule has 0 aliphatic rings. The molecule has 1 aromatic carbocycles. The topological polar surface area (TPSA) is 21.1 Å². The molecule has 0 amide bonds. The molecule has 0 N–H and O–H groups in total. The van der Waals surface area contributed by atoms with E-state index in [0.717, 1.165) is 16.8 Å². The number of nitrogens with zero attached hydrogens (tertiary/aromatic N) is 3. The van der Waals surface area contributed by atoms with Crippen molar-refractivity contribution in [3.63, 3.8) is 0 Å². The number of alkyl halides is 1. The quantitative estimate of drug-likeness (QED) is 0.796. The summed E-state index contributed by atoms with van der Waals surface area (Å²) in [6.45, 7) is 6.32. The van der Waals surface area contributed by atoms with Crippen LogP contribution in [0.1, 0.15) is 22.4 Å². The van der Waals surface area contributed by atoms with Crippen molar-refractivity contribution in [3.05, 3.63) is 40.6 Å². The Bertz CT molecular complexity index is 602. The van der Waals surface area contributed by atoms with E-state index in [4.69, 9.17) is 0 Å². The molecule has 0 saturated heterocycles. The normalized spacial score (nSPS) is 10.8. The van der Waals surface area contributed by atoms with Crippen LogP contribution in [0.4, 0.5) is 11.5 Å². The average Bonchev–Trinajstić information content (AvgIpc) is 2.62. The molecule has 0 aliphatic carbocycles. The van der Waals surface area contributed by atoms with Crippen LogP contribution in [0, 0.1) is 20.8 Å². The Labute approximate surface area is 123 Å². The highest BCUT2D eigenvalue weighted by Crippen LogP contribution is 2.32. The van der Waals surface area contributed by atoms with Gasteiger partial charge in [0.1, 0.15) is 5.82 Å². The largest absolute Gasteiger partial charge is 0.329 e. The summed E-state index contributed by atoms with van der Waals surface area (Å²) in [4.78, 5) is 2.21. The fourth-order valence-electron chi connectivity index (χ4n) is 2.56. The van der Waals surface area contributed by atoms with Crippen molar-refractivity contribution in [2.45, 2.75) is 26.1 Å². The molecule has 0 saturated carbocycles. The summed E-state index contributed by atoms with van der Waals surface area (Å²) in [5.74, 6) is 1.14. The number of rotatable bonds is 3. The molecule has 3 nitrogen and oxygen atoms in total. The van der Waals surface area contributed by atoms with Crippen LogP contribution < -0.4 is 4.90 Å². The second-order valence-corrected chi connectivity index (χ2v) is 5.55. The lowest BCUT2D eigenvalue weighted by Crippen LogP contribution is -2.16. The standard InChI is InChI=1S/C15H20BrN3/c1-10-6-7-14(11(2)8-10)18(4)15-13(9-16)12(3)17-19(15)5/h6-8H,9H2,1-5H3. The minimum Gasteiger partial charge on any atom is -0.329 e. The average molecular weight is 322 g/mol. The summed E-state index contributed by atoms with van der Waals surface area (Å²) < 4.78 is 1.95. The van der Waals surface area contributed by atoms with Gasteiger partial charge in [0, 0.05) is 30.7 Å². The molecule has 4 heteroatoms. The van der Waals surface area contributed by atoms with Gasteiger partial charge in [-0.3, -0.25) is 4.68 Å². The Morgan fingerprint density at radius 3 is 2.53 bits per heavy atom. The van der Waals surface area contributed by atoms with Crippen LogP contribution in [-0.4, -0.2) is 16.8 Å². The van der Waals surface area contributed by atoms with E-state index in [1.807, 2.05) is 11.7 Å². The number of hydrogen-bond donors (Lipinski definition) is 0. The third-order valence-corrected chi connectivity index (χ3v) is 4.04. The zero-order valence-corrected chi connectivity index (χ0v) is 13.7. The summed E-state index contributed by atoms with van der Waals surface area (Å²) >= 11 is 3.56. The van der Waals surface area contributed by atoms with E-state index in [1.54, 1.807) is 0 Å². The second-order valence-electron chi connectivity index (χ2n) is 4.99. The summed E-state index contributed by atoms with van der Waals surface area (Å²) in [5, 5.41) is 5.34. The minimum atomic E-state index is 0.817. The van der Waals surface area contributed by atoms with Crippen molar-refractivity contribution in [1.29, 1.82) is 0 Å². The van der Waals surface area contributed by atoms with Crippen LogP contribution >= 0.6 is 15.9 Å². The van der Waals surface area contributed by atoms with E-state index in [1.165, 1.54) is 22.4 Å². The molecule has 19 heavy (non-hydrogen) atoms. The lowest BCUT2D eigenvalue weighted by atomic mass is 10.1. The number of hydrogen-bond acceptors (Lipinski definition) is 2. The Kier molecular flexibility index (Phi) is 3.99. The molecule has 0 unspecified atom stereocenters. The molecule has 2 rings (SSSR count). The lowest BCUT2D eigenvalue weighted by molar-refractivity contribution is 0.750. The van der Waals surface area contributed by atoms with E-state index in [-0.39, 0.29) is 0 Å². The Hall–Kier alpha value is -1.29. The van der Waals surface area contributed by atoms with E-state index >= 15 is 0 Å². The van der Waals surface area contributed by atoms with Crippen LogP contribution in [0.15, 0.2) is 18.2 Å². The van der Waals surface area contributed by atoms with Gasteiger partial charge < -0.3 is 4.90 Å². The van der Waals surface area contributed by atoms with Gasteiger partial charge in [-0.2, -0.15) is 5.10 Å². The first-order valence-corrected chi connectivity index (χ1v) is 7.47. The fourth-order valence-corrected chi connectivity index (χ4v) is 3.22. The van der Waals surface area contributed by atoms with Gasteiger partial charge in [-0.15, -0.1) is 0 Å². The van der Waals surface area contributed by atoms with E-state index in [2.05, 4.69) is 71.9 Å². The molecule has 0 spiro atoms. The van der Waals surface area contributed by atoms with E-state index in [9.17, 15) is 0 Å². The molecular formula is C15H20BrN3. The highest BCUT2D eigenvalue weighted by molar-refractivity contribution is 9.08. The number of aromatic nitrogens is 2. The smallest absolute Gasteiger partial charge is 0.135 e. The maximum absolute atomic E-state index is 4.52. The number of aryl methyl sites for hydroxylation is 4. The first kappa shape index (κ1) is 14.1. The first-order chi connectivity index (χ1) is 8.95. The third-order valence-electron chi connectivity index (χ3n) is 3.48. The molecule has 0 radical (unpaired) electrons. The van der Waals surface area contributed by atoms with E-state index < -0.39 is 0 Å². The molecule has 0 atom stereocenters.